The van der Waals surface area contributed by atoms with Crippen LogP contribution in [0.4, 0.5) is 0 Å². The highest BCUT2D eigenvalue weighted by Gasteiger charge is 2.12. The summed E-state index contributed by atoms with van der Waals surface area (Å²) in [6.45, 7) is 3.28. The molecule has 0 radical (unpaired) electrons. The summed E-state index contributed by atoms with van der Waals surface area (Å²) in [6, 6.07) is 1.68. The van der Waals surface area contributed by atoms with Gasteiger partial charge in [0, 0.05) is 31.0 Å². The summed E-state index contributed by atoms with van der Waals surface area (Å²) in [4.78, 5) is 12.0. The summed E-state index contributed by atoms with van der Waals surface area (Å²) in [6.07, 6.45) is 6.15. The van der Waals surface area contributed by atoms with Crippen LogP contribution in [0.3, 0.4) is 0 Å². The predicted octanol–water partition coefficient (Wildman–Crippen LogP) is 2.20. The number of aryl methyl sites for hydroxylation is 1. The van der Waals surface area contributed by atoms with E-state index in [4.69, 9.17) is 11.6 Å². The maximum absolute atomic E-state index is 12.0. The van der Waals surface area contributed by atoms with Gasteiger partial charge in [-0.2, -0.15) is 5.10 Å². The first-order valence-electron chi connectivity index (χ1n) is 5.82. The zero-order chi connectivity index (χ0) is 13.0. The molecule has 0 unspecified atom stereocenters. The molecule has 0 aliphatic rings. The lowest BCUT2D eigenvalue weighted by atomic mass is 10.3. The van der Waals surface area contributed by atoms with Crippen LogP contribution in [0, 0.1) is 0 Å². The lowest BCUT2D eigenvalue weighted by molar-refractivity contribution is 0.0941. The van der Waals surface area contributed by atoms with Crippen molar-refractivity contribution in [2.45, 2.75) is 26.4 Å². The summed E-state index contributed by atoms with van der Waals surface area (Å²) in [5, 5.41) is 9.94. The molecule has 2 N–H and O–H groups in total. The Labute approximate surface area is 110 Å². The molecule has 2 aromatic rings. The fourth-order valence-electron chi connectivity index (χ4n) is 1.74. The summed E-state index contributed by atoms with van der Waals surface area (Å²) < 4.78 is 1.87. The summed E-state index contributed by atoms with van der Waals surface area (Å²) in [5.41, 5.74) is 1.52. The fraction of sp³-hybridized carbons (Fsp3) is 0.333. The maximum atomic E-state index is 12.0. The van der Waals surface area contributed by atoms with Crippen LogP contribution in [0.25, 0.3) is 0 Å². The Morgan fingerprint density at radius 3 is 3.11 bits per heavy atom. The Hall–Kier alpha value is -1.75. The van der Waals surface area contributed by atoms with Gasteiger partial charge in [-0.25, -0.2) is 0 Å². The van der Waals surface area contributed by atoms with E-state index in [0.717, 1.165) is 18.5 Å². The number of aromatic amines is 1. The second-order valence-corrected chi connectivity index (χ2v) is 4.46. The van der Waals surface area contributed by atoms with Crippen LogP contribution >= 0.6 is 11.6 Å². The van der Waals surface area contributed by atoms with Crippen LogP contribution < -0.4 is 5.32 Å². The van der Waals surface area contributed by atoms with E-state index in [9.17, 15) is 4.79 Å². The molecular weight excluding hydrogens is 252 g/mol. The van der Waals surface area contributed by atoms with Gasteiger partial charge in [-0.15, -0.1) is 0 Å². The predicted molar refractivity (Wildman–Crippen MR) is 69.5 cm³/mol. The van der Waals surface area contributed by atoms with E-state index in [1.54, 1.807) is 24.7 Å². The van der Waals surface area contributed by atoms with Gasteiger partial charge in [0.1, 0.15) is 5.69 Å². The fourth-order valence-corrected chi connectivity index (χ4v) is 1.96. The van der Waals surface area contributed by atoms with E-state index >= 15 is 0 Å². The minimum atomic E-state index is -0.128. The van der Waals surface area contributed by atoms with Gasteiger partial charge in [0.15, 0.2) is 0 Å². The molecule has 0 spiro atoms. The number of hydrogen-bond donors (Lipinski definition) is 2. The number of rotatable bonds is 5. The number of halogens is 1. The van der Waals surface area contributed by atoms with Crippen molar-refractivity contribution in [3.63, 3.8) is 0 Å². The first-order valence-corrected chi connectivity index (χ1v) is 6.20. The molecule has 1 amide bonds. The average molecular weight is 267 g/mol. The Morgan fingerprint density at radius 2 is 2.44 bits per heavy atom. The highest BCUT2D eigenvalue weighted by molar-refractivity contribution is 6.31. The molecule has 0 aromatic carbocycles. The number of amides is 1. The molecule has 2 heterocycles. The van der Waals surface area contributed by atoms with Crippen molar-refractivity contribution < 1.29 is 4.79 Å². The van der Waals surface area contributed by atoms with Crippen LogP contribution in [-0.4, -0.2) is 20.7 Å². The first-order chi connectivity index (χ1) is 8.70. The Balaban J connectivity index is 2.03. The van der Waals surface area contributed by atoms with Gasteiger partial charge in [0.05, 0.1) is 11.2 Å². The average Bonchev–Trinajstić information content (AvgIpc) is 2.96. The van der Waals surface area contributed by atoms with Gasteiger partial charge < -0.3 is 9.88 Å². The SMILES string of the molecule is CCCn1cc(Cl)cc1C(=O)NCc1cn[nH]c1. The zero-order valence-corrected chi connectivity index (χ0v) is 10.9. The number of nitrogens with one attached hydrogen (secondary N) is 2. The third-order valence-corrected chi connectivity index (χ3v) is 2.77. The molecule has 0 aliphatic carbocycles. The molecule has 2 aromatic heterocycles. The number of carbonyl (C=O) groups excluding carboxylic acids is 1. The highest BCUT2D eigenvalue weighted by Crippen LogP contribution is 2.14. The van der Waals surface area contributed by atoms with Gasteiger partial charge in [0.25, 0.3) is 5.91 Å². The minimum absolute atomic E-state index is 0.128. The third kappa shape index (κ3) is 2.92. The molecular formula is C12H15ClN4O. The lowest BCUT2D eigenvalue weighted by Gasteiger charge is -2.07. The molecule has 6 heteroatoms. The van der Waals surface area contributed by atoms with Crippen LogP contribution in [0.1, 0.15) is 29.4 Å². The second-order valence-electron chi connectivity index (χ2n) is 4.03. The Bertz CT molecular complexity index is 518. The summed E-state index contributed by atoms with van der Waals surface area (Å²) in [5.74, 6) is -0.128. The monoisotopic (exact) mass is 266 g/mol. The maximum Gasteiger partial charge on any atom is 0.268 e. The second kappa shape index (κ2) is 5.73. The van der Waals surface area contributed by atoms with E-state index in [0.29, 0.717) is 17.3 Å². The van der Waals surface area contributed by atoms with E-state index in [1.165, 1.54) is 0 Å². The van der Waals surface area contributed by atoms with Crippen molar-refractivity contribution >= 4 is 17.5 Å². The van der Waals surface area contributed by atoms with Crippen molar-refractivity contribution in [3.8, 4) is 0 Å². The third-order valence-electron chi connectivity index (χ3n) is 2.57. The molecule has 0 saturated heterocycles. The smallest absolute Gasteiger partial charge is 0.268 e. The van der Waals surface area contributed by atoms with Crippen LogP contribution in [0.5, 0.6) is 0 Å². The largest absolute Gasteiger partial charge is 0.347 e. The van der Waals surface area contributed by atoms with E-state index in [1.807, 2.05) is 4.57 Å². The highest BCUT2D eigenvalue weighted by atomic mass is 35.5. The number of nitrogens with zero attached hydrogens (tertiary/aromatic N) is 2. The van der Waals surface area contributed by atoms with Gasteiger partial charge in [-0.3, -0.25) is 9.89 Å². The first kappa shape index (κ1) is 12.7. The van der Waals surface area contributed by atoms with Crippen molar-refractivity contribution in [1.29, 1.82) is 0 Å². The molecule has 5 nitrogen and oxygen atoms in total. The quantitative estimate of drug-likeness (QED) is 0.872. The summed E-state index contributed by atoms with van der Waals surface area (Å²) >= 11 is 5.93. The molecule has 18 heavy (non-hydrogen) atoms. The molecule has 0 atom stereocenters. The van der Waals surface area contributed by atoms with Crippen LogP contribution in [-0.2, 0) is 13.1 Å². The Morgan fingerprint density at radius 1 is 1.61 bits per heavy atom. The van der Waals surface area contributed by atoms with Crippen LogP contribution in [0.15, 0.2) is 24.7 Å². The molecule has 0 saturated carbocycles. The molecule has 0 fully saturated rings. The number of aromatic nitrogens is 3. The number of hydrogen-bond acceptors (Lipinski definition) is 2. The van der Waals surface area contributed by atoms with Gasteiger partial charge in [0.2, 0.25) is 0 Å². The van der Waals surface area contributed by atoms with Gasteiger partial charge >= 0.3 is 0 Å². The lowest BCUT2D eigenvalue weighted by Crippen LogP contribution is -2.25. The Kier molecular flexibility index (Phi) is 4.04. The number of carbonyl (C=O) groups is 1. The van der Waals surface area contributed by atoms with Crippen molar-refractivity contribution in [3.05, 3.63) is 40.9 Å². The van der Waals surface area contributed by atoms with Gasteiger partial charge in [-0.05, 0) is 12.5 Å². The molecule has 0 bridgehead atoms. The minimum Gasteiger partial charge on any atom is -0.347 e. The van der Waals surface area contributed by atoms with Crippen molar-refractivity contribution in [2.24, 2.45) is 0 Å². The van der Waals surface area contributed by atoms with E-state index < -0.39 is 0 Å². The number of H-pyrrole nitrogens is 1. The topological polar surface area (TPSA) is 62.7 Å². The molecule has 0 aliphatic heterocycles. The van der Waals surface area contributed by atoms with Crippen LogP contribution in [0.2, 0.25) is 5.02 Å². The van der Waals surface area contributed by atoms with Crippen molar-refractivity contribution in [1.82, 2.24) is 20.1 Å². The summed E-state index contributed by atoms with van der Waals surface area (Å²) in [7, 11) is 0. The standard InChI is InChI=1S/C12H15ClN4O/c1-2-3-17-8-10(13)4-11(17)12(18)14-5-9-6-15-16-7-9/h4,6-8H,2-3,5H2,1H3,(H,14,18)(H,15,16). The molecule has 96 valence electrons. The molecule has 2 rings (SSSR count). The van der Waals surface area contributed by atoms with E-state index in [-0.39, 0.29) is 5.91 Å². The zero-order valence-electron chi connectivity index (χ0n) is 10.1. The van der Waals surface area contributed by atoms with Crippen molar-refractivity contribution in [2.75, 3.05) is 0 Å². The van der Waals surface area contributed by atoms with Gasteiger partial charge in [-0.1, -0.05) is 18.5 Å². The van der Waals surface area contributed by atoms with E-state index in [2.05, 4.69) is 22.4 Å². The normalized spacial score (nSPS) is 10.6.